The smallest absolute Gasteiger partial charge is 0.223 e. The molecule has 2 amide bonds. The van der Waals surface area contributed by atoms with Gasteiger partial charge in [-0.1, -0.05) is 36.4 Å². The summed E-state index contributed by atoms with van der Waals surface area (Å²) in [6, 6.07) is 15.0. The number of aromatic nitrogens is 1. The third kappa shape index (κ3) is 6.05. The van der Waals surface area contributed by atoms with Crippen LogP contribution in [0, 0.1) is 12.7 Å². The number of hydrogen-bond donors (Lipinski definition) is 1. The molecule has 33 heavy (non-hydrogen) atoms. The molecule has 1 aliphatic heterocycles. The van der Waals surface area contributed by atoms with E-state index in [1.807, 2.05) is 35.4 Å². The number of rotatable bonds is 8. The maximum atomic E-state index is 13.3. The van der Waals surface area contributed by atoms with Crippen LogP contribution >= 0.6 is 11.3 Å². The van der Waals surface area contributed by atoms with Crippen LogP contribution in [0.4, 0.5) is 4.39 Å². The van der Waals surface area contributed by atoms with Gasteiger partial charge in [-0.3, -0.25) is 9.59 Å². The third-order valence-electron chi connectivity index (χ3n) is 6.04. The molecule has 2 heterocycles. The van der Waals surface area contributed by atoms with Crippen molar-refractivity contribution in [2.45, 2.75) is 51.6 Å². The highest BCUT2D eigenvalue weighted by Crippen LogP contribution is 2.32. The Bertz CT molecular complexity index is 1120. The van der Waals surface area contributed by atoms with Gasteiger partial charge in [0.1, 0.15) is 10.8 Å². The van der Waals surface area contributed by atoms with E-state index < -0.39 is 0 Å². The van der Waals surface area contributed by atoms with Gasteiger partial charge in [-0.15, -0.1) is 11.3 Å². The Labute approximate surface area is 197 Å². The van der Waals surface area contributed by atoms with Gasteiger partial charge in [0.05, 0.1) is 18.3 Å². The molecule has 1 aromatic heterocycles. The van der Waals surface area contributed by atoms with Crippen LogP contribution in [0.5, 0.6) is 0 Å². The van der Waals surface area contributed by atoms with E-state index in [1.165, 1.54) is 23.5 Å². The first kappa shape index (κ1) is 23.1. The lowest BCUT2D eigenvalue weighted by Gasteiger charge is -2.25. The number of nitrogens with zero attached hydrogens (tertiary/aromatic N) is 2. The summed E-state index contributed by atoms with van der Waals surface area (Å²) in [4.78, 5) is 31.6. The van der Waals surface area contributed by atoms with Crippen molar-refractivity contribution >= 4 is 23.2 Å². The molecule has 0 aliphatic carbocycles. The molecule has 1 N–H and O–H groups in total. The second kappa shape index (κ2) is 10.7. The molecule has 3 aromatic rings. The number of carbonyl (C=O) groups is 2. The van der Waals surface area contributed by atoms with Crippen LogP contribution in [0.1, 0.15) is 59.1 Å². The van der Waals surface area contributed by atoms with Crippen molar-refractivity contribution in [3.05, 3.63) is 87.1 Å². The molecule has 0 radical (unpaired) electrons. The van der Waals surface area contributed by atoms with Gasteiger partial charge in [-0.05, 0) is 48.6 Å². The minimum atomic E-state index is -0.239. The highest BCUT2D eigenvalue weighted by atomic mass is 32.1. The van der Waals surface area contributed by atoms with Crippen LogP contribution in [0.15, 0.2) is 53.9 Å². The summed E-state index contributed by atoms with van der Waals surface area (Å²) in [5.41, 5.74) is 3.99. The predicted molar refractivity (Wildman–Crippen MR) is 127 cm³/mol. The Balaban J connectivity index is 1.23. The quantitative estimate of drug-likeness (QED) is 0.513. The van der Waals surface area contributed by atoms with Crippen LogP contribution in [0.2, 0.25) is 0 Å². The molecule has 4 rings (SSSR count). The zero-order chi connectivity index (χ0) is 23.2. The highest BCUT2D eigenvalue weighted by molar-refractivity contribution is 7.09. The molecule has 0 saturated carbocycles. The maximum Gasteiger partial charge on any atom is 0.223 e. The minimum Gasteiger partial charge on any atom is -0.350 e. The van der Waals surface area contributed by atoms with Gasteiger partial charge in [0.15, 0.2) is 0 Å². The fraction of sp³-hybridized carbons (Fsp3) is 0.346. The normalized spacial score (nSPS) is 15.6. The summed E-state index contributed by atoms with van der Waals surface area (Å²) in [5.74, 6) is -0.357. The molecule has 5 nitrogen and oxygen atoms in total. The lowest BCUT2D eigenvalue weighted by Crippen LogP contribution is -2.32. The van der Waals surface area contributed by atoms with Crippen LogP contribution in [-0.4, -0.2) is 28.2 Å². The number of likely N-dealkylation sites (tertiary alicyclic amines) is 1. The summed E-state index contributed by atoms with van der Waals surface area (Å²) in [6.07, 6.45) is 2.96. The van der Waals surface area contributed by atoms with Gasteiger partial charge in [-0.2, -0.15) is 0 Å². The molecule has 172 valence electrons. The van der Waals surface area contributed by atoms with E-state index in [2.05, 4.69) is 22.4 Å². The molecule has 1 unspecified atom stereocenters. The summed E-state index contributed by atoms with van der Waals surface area (Å²) in [6.45, 7) is 2.98. The second-order valence-corrected chi connectivity index (χ2v) is 9.36. The first-order valence-corrected chi connectivity index (χ1v) is 12.2. The second-order valence-electron chi connectivity index (χ2n) is 8.41. The van der Waals surface area contributed by atoms with Gasteiger partial charge in [0, 0.05) is 31.2 Å². The number of aryl methyl sites for hydroxylation is 1. The van der Waals surface area contributed by atoms with E-state index in [4.69, 9.17) is 0 Å². The van der Waals surface area contributed by atoms with Gasteiger partial charge >= 0.3 is 0 Å². The largest absolute Gasteiger partial charge is 0.350 e. The lowest BCUT2D eigenvalue weighted by atomic mass is 10.0. The fourth-order valence-corrected chi connectivity index (χ4v) is 5.01. The summed E-state index contributed by atoms with van der Waals surface area (Å²) >= 11 is 1.49. The van der Waals surface area contributed by atoms with Crippen molar-refractivity contribution < 1.29 is 14.0 Å². The zero-order valence-electron chi connectivity index (χ0n) is 18.7. The van der Waals surface area contributed by atoms with E-state index in [-0.39, 0.29) is 36.5 Å². The average molecular weight is 466 g/mol. The first-order valence-electron chi connectivity index (χ1n) is 11.3. The predicted octanol–water partition coefficient (Wildman–Crippen LogP) is 4.94. The van der Waals surface area contributed by atoms with Gasteiger partial charge in [-0.25, -0.2) is 9.37 Å². The zero-order valence-corrected chi connectivity index (χ0v) is 19.5. The molecule has 1 fully saturated rings. The minimum absolute atomic E-state index is 0.0303. The summed E-state index contributed by atoms with van der Waals surface area (Å²) in [5, 5.41) is 5.65. The fourth-order valence-electron chi connectivity index (χ4n) is 4.28. The number of benzene rings is 2. The number of halogens is 1. The highest BCUT2D eigenvalue weighted by Gasteiger charge is 2.29. The number of nitrogens with one attached hydrogen (secondary N) is 1. The standard InChI is InChI=1S/C26H28FN3O2S/c1-18-14-21(27)10-9-20(18)15-22-17-33-25(29-22)16-28-24(31)11-12-26(32)30-13-5-8-23(30)19-6-3-2-4-7-19/h2-4,6-7,9-10,14,17,23H,5,8,11-13,15-16H2,1H3,(H,28,31). The average Bonchev–Trinajstić information content (AvgIpc) is 3.48. The molecule has 1 aliphatic rings. The SMILES string of the molecule is Cc1cc(F)ccc1Cc1csc(CNC(=O)CCC(=O)N2CCCC2c2ccccc2)n1. The number of amides is 2. The van der Waals surface area contributed by atoms with Crippen molar-refractivity contribution in [3.8, 4) is 0 Å². The monoisotopic (exact) mass is 465 g/mol. The van der Waals surface area contributed by atoms with Gasteiger partial charge < -0.3 is 10.2 Å². The van der Waals surface area contributed by atoms with Crippen LogP contribution in [0.25, 0.3) is 0 Å². The van der Waals surface area contributed by atoms with Gasteiger partial charge in [0.2, 0.25) is 11.8 Å². The number of hydrogen-bond acceptors (Lipinski definition) is 4. The van der Waals surface area contributed by atoms with E-state index in [9.17, 15) is 14.0 Å². The van der Waals surface area contributed by atoms with E-state index in [0.29, 0.717) is 13.0 Å². The maximum absolute atomic E-state index is 13.3. The molecule has 2 aromatic carbocycles. The molecule has 7 heteroatoms. The molecule has 0 bridgehead atoms. The molecular weight excluding hydrogens is 437 g/mol. The molecule has 1 saturated heterocycles. The van der Waals surface area contributed by atoms with Crippen molar-refractivity contribution in [1.82, 2.24) is 15.2 Å². The third-order valence-corrected chi connectivity index (χ3v) is 6.93. The van der Waals surface area contributed by atoms with E-state index in [0.717, 1.165) is 46.8 Å². The van der Waals surface area contributed by atoms with Crippen LogP contribution < -0.4 is 5.32 Å². The van der Waals surface area contributed by atoms with Crippen molar-refractivity contribution in [3.63, 3.8) is 0 Å². The summed E-state index contributed by atoms with van der Waals surface area (Å²) in [7, 11) is 0. The lowest BCUT2D eigenvalue weighted by molar-refractivity contribution is -0.134. The topological polar surface area (TPSA) is 62.3 Å². The van der Waals surface area contributed by atoms with Crippen molar-refractivity contribution in [2.75, 3.05) is 6.54 Å². The Morgan fingerprint density at radius 3 is 2.79 bits per heavy atom. The van der Waals surface area contributed by atoms with E-state index >= 15 is 0 Å². The van der Waals surface area contributed by atoms with Crippen LogP contribution in [0.3, 0.4) is 0 Å². The molecule has 0 spiro atoms. The van der Waals surface area contributed by atoms with E-state index in [1.54, 1.807) is 6.07 Å². The Morgan fingerprint density at radius 1 is 1.18 bits per heavy atom. The van der Waals surface area contributed by atoms with Gasteiger partial charge in [0.25, 0.3) is 0 Å². The summed E-state index contributed by atoms with van der Waals surface area (Å²) < 4.78 is 13.3. The molecular formula is C26H28FN3O2S. The van der Waals surface area contributed by atoms with Crippen molar-refractivity contribution in [2.24, 2.45) is 0 Å². The Kier molecular flexibility index (Phi) is 7.50. The first-order chi connectivity index (χ1) is 16.0. The van der Waals surface area contributed by atoms with Crippen LogP contribution in [-0.2, 0) is 22.6 Å². The Hall–Kier alpha value is -3.06. The number of thiazole rings is 1. The molecule has 1 atom stereocenters. The number of carbonyl (C=O) groups excluding carboxylic acids is 2. The Morgan fingerprint density at radius 2 is 2.00 bits per heavy atom. The van der Waals surface area contributed by atoms with Crippen molar-refractivity contribution in [1.29, 1.82) is 0 Å².